The topological polar surface area (TPSA) is 160 Å². The number of pyridine rings is 2. The van der Waals surface area contributed by atoms with E-state index in [0.29, 0.717) is 52.2 Å². The Balaban J connectivity index is 1.10. The van der Waals surface area contributed by atoms with Gasteiger partial charge in [-0.1, -0.05) is 6.08 Å². The second-order valence-corrected chi connectivity index (χ2v) is 13.6. The van der Waals surface area contributed by atoms with E-state index in [1.165, 1.54) is 23.2 Å². The first-order valence-electron chi connectivity index (χ1n) is 16.1. The van der Waals surface area contributed by atoms with Crippen molar-refractivity contribution in [3.63, 3.8) is 0 Å². The smallest absolute Gasteiger partial charge is 0.347 e. The van der Waals surface area contributed by atoms with Crippen LogP contribution in [-0.4, -0.2) is 57.8 Å². The van der Waals surface area contributed by atoms with Crippen molar-refractivity contribution in [3.8, 4) is 6.07 Å². The maximum Gasteiger partial charge on any atom is 0.416 e. The van der Waals surface area contributed by atoms with E-state index in [2.05, 4.69) is 25.9 Å². The van der Waals surface area contributed by atoms with Gasteiger partial charge in [-0.05, 0) is 80.5 Å². The molecule has 12 nitrogen and oxygen atoms in total. The lowest BCUT2D eigenvalue weighted by Gasteiger charge is -2.33. The maximum absolute atomic E-state index is 13.7. The van der Waals surface area contributed by atoms with E-state index >= 15 is 0 Å². The maximum atomic E-state index is 13.7. The largest absolute Gasteiger partial charge is 0.416 e. The van der Waals surface area contributed by atoms with E-state index < -0.39 is 29.6 Å². The predicted octanol–water partition coefficient (Wildman–Crippen LogP) is 6.54. The van der Waals surface area contributed by atoms with Crippen LogP contribution >= 0.6 is 11.3 Å². The van der Waals surface area contributed by atoms with E-state index in [0.717, 1.165) is 42.5 Å². The van der Waals surface area contributed by atoms with Crippen LogP contribution in [0.5, 0.6) is 0 Å². The van der Waals surface area contributed by atoms with Gasteiger partial charge in [-0.3, -0.25) is 19.3 Å². The number of urea groups is 1. The molecule has 4 aromatic rings. The molecule has 51 heavy (non-hydrogen) atoms. The third-order valence-corrected chi connectivity index (χ3v) is 10.00. The Bertz CT molecular complexity index is 2190. The summed E-state index contributed by atoms with van der Waals surface area (Å²) in [5.74, 6) is -1.44. The molecule has 5 heterocycles. The number of carbonyl (C=O) groups is 4. The molecule has 0 spiro atoms. The molecule has 2 fully saturated rings. The SMILES string of the molecule is Cc1cc(C(=O)Nc2cc(C(F)(F)F)ccn2)ccc1N1C(=O)Nc2c(C(=O)N[C@@H]3CCCN(C(=O)/C(C#N)=C/C4CC4)C3)sc3nccc1c23. The summed E-state index contributed by atoms with van der Waals surface area (Å²) in [6.45, 7) is 2.42. The van der Waals surface area contributed by atoms with Crippen molar-refractivity contribution in [1.29, 1.82) is 5.26 Å². The minimum absolute atomic E-state index is 0.130. The lowest BCUT2D eigenvalue weighted by Crippen LogP contribution is -2.50. The third kappa shape index (κ3) is 6.72. The van der Waals surface area contributed by atoms with E-state index in [-0.39, 0.29) is 46.2 Å². The number of likely N-dealkylation sites (tertiary alicyclic amines) is 1. The van der Waals surface area contributed by atoms with Crippen LogP contribution in [0.3, 0.4) is 0 Å². The molecule has 1 saturated carbocycles. The molecular weight excluding hydrogens is 685 g/mol. The minimum Gasteiger partial charge on any atom is -0.347 e. The fourth-order valence-corrected chi connectivity index (χ4v) is 7.27. The second kappa shape index (κ2) is 13.1. The molecular formula is C35H29F3N8O4S. The number of amides is 5. The number of thiophene rings is 1. The molecule has 260 valence electrons. The first kappa shape index (κ1) is 33.7. The van der Waals surface area contributed by atoms with Gasteiger partial charge < -0.3 is 20.9 Å². The van der Waals surface area contributed by atoms with Gasteiger partial charge in [0.15, 0.2) is 0 Å². The summed E-state index contributed by atoms with van der Waals surface area (Å²) in [7, 11) is 0. The molecule has 7 rings (SSSR count). The summed E-state index contributed by atoms with van der Waals surface area (Å²) < 4.78 is 39.4. The number of allylic oxidation sites excluding steroid dienone is 1. The number of hydrogen-bond donors (Lipinski definition) is 3. The van der Waals surface area contributed by atoms with Crippen LogP contribution in [0, 0.1) is 24.2 Å². The number of nitrogens with zero attached hydrogens (tertiary/aromatic N) is 5. The van der Waals surface area contributed by atoms with Crippen LogP contribution in [-0.2, 0) is 11.0 Å². The summed E-state index contributed by atoms with van der Waals surface area (Å²) in [4.78, 5) is 65.3. The molecule has 1 aliphatic carbocycles. The van der Waals surface area contributed by atoms with Gasteiger partial charge in [-0.25, -0.2) is 14.8 Å². The van der Waals surface area contributed by atoms with Crippen LogP contribution in [0.15, 0.2) is 60.4 Å². The van der Waals surface area contributed by atoms with Crippen molar-refractivity contribution in [2.75, 3.05) is 28.6 Å². The predicted molar refractivity (Wildman–Crippen MR) is 183 cm³/mol. The highest BCUT2D eigenvalue weighted by Gasteiger charge is 2.35. The number of carbonyl (C=O) groups excluding carboxylic acids is 4. The Kier molecular flexibility index (Phi) is 8.67. The van der Waals surface area contributed by atoms with Gasteiger partial charge in [-0.2, -0.15) is 18.4 Å². The number of benzene rings is 1. The van der Waals surface area contributed by atoms with Crippen molar-refractivity contribution >= 4 is 68.2 Å². The summed E-state index contributed by atoms with van der Waals surface area (Å²) in [6, 6.07) is 8.79. The first-order chi connectivity index (χ1) is 24.4. The number of hydrogen-bond acceptors (Lipinski definition) is 8. The molecule has 3 N–H and O–H groups in total. The van der Waals surface area contributed by atoms with Crippen LogP contribution in [0.25, 0.3) is 10.2 Å². The van der Waals surface area contributed by atoms with Crippen molar-refractivity contribution in [2.24, 2.45) is 5.92 Å². The molecule has 16 heteroatoms. The van der Waals surface area contributed by atoms with Gasteiger partial charge in [-0.15, -0.1) is 11.3 Å². The average molecular weight is 715 g/mol. The van der Waals surface area contributed by atoms with Crippen molar-refractivity contribution in [1.82, 2.24) is 20.2 Å². The Morgan fingerprint density at radius 3 is 2.57 bits per heavy atom. The number of rotatable bonds is 7. The van der Waals surface area contributed by atoms with Gasteiger partial charge in [0.1, 0.15) is 27.2 Å². The monoisotopic (exact) mass is 714 g/mol. The standard InChI is InChI=1S/C35H29F3N8O4S/c1-18-13-20(30(47)43-26-15-22(8-10-40-26)35(36,37)38)6-7-24(18)46-25-9-11-41-32-27(25)28(44-34(46)50)29(51-32)31(48)42-23-3-2-12-45(17-23)33(49)21(16-39)14-19-4-5-19/h6-11,13-15,19,23H,2-5,12,17H2,1H3,(H,42,48)(H,44,50)(H,40,43,47)/b21-14+/t23-/m1/s1. The van der Waals surface area contributed by atoms with Crippen molar-refractivity contribution < 1.29 is 32.3 Å². The highest BCUT2D eigenvalue weighted by Crippen LogP contribution is 2.46. The quantitative estimate of drug-likeness (QED) is 0.145. The van der Waals surface area contributed by atoms with Gasteiger partial charge in [0.2, 0.25) is 0 Å². The van der Waals surface area contributed by atoms with Crippen LogP contribution in [0.1, 0.15) is 56.8 Å². The highest BCUT2D eigenvalue weighted by atomic mass is 32.1. The van der Waals surface area contributed by atoms with E-state index in [4.69, 9.17) is 0 Å². The zero-order chi connectivity index (χ0) is 36.0. The van der Waals surface area contributed by atoms with Gasteiger partial charge >= 0.3 is 12.2 Å². The molecule has 5 amide bonds. The number of alkyl halides is 3. The molecule has 1 saturated heterocycles. The number of anilines is 4. The van der Waals surface area contributed by atoms with Crippen LogP contribution in [0.4, 0.5) is 40.8 Å². The Morgan fingerprint density at radius 2 is 1.84 bits per heavy atom. The minimum atomic E-state index is -4.60. The summed E-state index contributed by atoms with van der Waals surface area (Å²) >= 11 is 1.12. The van der Waals surface area contributed by atoms with E-state index in [1.54, 1.807) is 30.0 Å². The number of aromatic nitrogens is 2. The lowest BCUT2D eigenvalue weighted by atomic mass is 10.0. The molecule has 0 bridgehead atoms. The molecule has 0 radical (unpaired) electrons. The fraction of sp³-hybridized carbons (Fsp3) is 0.286. The third-order valence-electron chi connectivity index (χ3n) is 8.90. The van der Waals surface area contributed by atoms with Crippen molar-refractivity contribution in [2.45, 2.75) is 44.8 Å². The number of nitriles is 1. The second-order valence-electron chi connectivity index (χ2n) is 12.6. The summed E-state index contributed by atoms with van der Waals surface area (Å²) in [5, 5.41) is 18.3. The van der Waals surface area contributed by atoms with E-state index in [1.807, 2.05) is 6.07 Å². The van der Waals surface area contributed by atoms with Gasteiger partial charge in [0.25, 0.3) is 17.7 Å². The average Bonchev–Trinajstić information content (AvgIpc) is 3.86. The normalized spacial score (nSPS) is 17.5. The van der Waals surface area contributed by atoms with Crippen LogP contribution < -0.4 is 20.9 Å². The number of halogens is 3. The van der Waals surface area contributed by atoms with Gasteiger partial charge in [0, 0.05) is 37.1 Å². The summed E-state index contributed by atoms with van der Waals surface area (Å²) in [6.07, 6.45) is 2.84. The zero-order valence-electron chi connectivity index (χ0n) is 27.0. The van der Waals surface area contributed by atoms with E-state index in [9.17, 15) is 37.6 Å². The lowest BCUT2D eigenvalue weighted by molar-refractivity contribution is -0.137. The molecule has 0 unspecified atom stereocenters. The zero-order valence-corrected chi connectivity index (χ0v) is 27.8. The number of piperidine rings is 1. The molecule has 2 aliphatic heterocycles. The number of aryl methyl sites for hydroxylation is 1. The van der Waals surface area contributed by atoms with Crippen LogP contribution in [0.2, 0.25) is 0 Å². The molecule has 1 aromatic carbocycles. The Hall–Kier alpha value is -5.82. The fourth-order valence-electron chi connectivity index (χ4n) is 6.25. The molecule has 3 aliphatic rings. The highest BCUT2D eigenvalue weighted by molar-refractivity contribution is 7.21. The molecule has 1 atom stereocenters. The number of nitrogens with one attached hydrogen (secondary N) is 3. The van der Waals surface area contributed by atoms with Crippen molar-refractivity contribution in [3.05, 3.63) is 82.0 Å². The Labute approximate surface area is 293 Å². The van der Waals surface area contributed by atoms with Gasteiger partial charge in [0.05, 0.1) is 28.0 Å². The summed E-state index contributed by atoms with van der Waals surface area (Å²) in [5.41, 5.74) is 1.02. The first-order valence-corrected chi connectivity index (χ1v) is 16.9. The molecule has 3 aromatic heterocycles. The Morgan fingerprint density at radius 1 is 1.06 bits per heavy atom.